The van der Waals surface area contributed by atoms with Gasteiger partial charge in [0.05, 0.1) is 5.03 Å². The molecule has 1 amide bonds. The molecule has 0 aliphatic carbocycles. The number of pyridine rings is 1. The Morgan fingerprint density at radius 2 is 1.95 bits per heavy atom. The zero-order valence-electron chi connectivity index (χ0n) is 10.4. The van der Waals surface area contributed by atoms with E-state index in [0.717, 1.165) is 16.3 Å². The molecule has 19 heavy (non-hydrogen) atoms. The second-order valence-corrected chi connectivity index (χ2v) is 5.13. The number of carbonyl (C=O) groups excluding carboxylic acids is 1. The number of carbonyl (C=O) groups is 1. The molecule has 0 saturated carbocycles. The Morgan fingerprint density at radius 3 is 2.58 bits per heavy atom. The highest BCUT2D eigenvalue weighted by Gasteiger charge is 2.22. The molecule has 0 saturated heterocycles. The smallest absolute Gasteiger partial charge is 0.261 e. The van der Waals surface area contributed by atoms with Gasteiger partial charge < -0.3 is 0 Å². The van der Waals surface area contributed by atoms with Gasteiger partial charge >= 0.3 is 0 Å². The minimum atomic E-state index is -0.527. The lowest BCUT2D eigenvalue weighted by molar-refractivity contribution is -0.128. The standard InChI is InChI=1S/C14H14N2O2S/c1-10-6-5-9-12(15-10)19-13(14(17)16-18)11-7-3-2-4-8-11/h2-9,13,18H,1H3,(H,16,17). The first-order valence-corrected chi connectivity index (χ1v) is 6.68. The highest BCUT2D eigenvalue weighted by Crippen LogP contribution is 2.34. The quantitative estimate of drug-likeness (QED) is 0.511. The number of nitrogens with zero attached hydrogens (tertiary/aromatic N) is 1. The largest absolute Gasteiger partial charge is 0.289 e. The van der Waals surface area contributed by atoms with E-state index in [9.17, 15) is 4.79 Å². The number of hydrogen-bond acceptors (Lipinski definition) is 4. The van der Waals surface area contributed by atoms with Crippen molar-refractivity contribution in [3.63, 3.8) is 0 Å². The molecule has 1 unspecified atom stereocenters. The van der Waals surface area contributed by atoms with Gasteiger partial charge in [0.2, 0.25) is 0 Å². The average molecular weight is 274 g/mol. The van der Waals surface area contributed by atoms with Crippen LogP contribution in [0, 0.1) is 6.92 Å². The van der Waals surface area contributed by atoms with Gasteiger partial charge in [0.25, 0.3) is 5.91 Å². The van der Waals surface area contributed by atoms with Crippen LogP contribution in [0.4, 0.5) is 0 Å². The van der Waals surface area contributed by atoms with Crippen molar-refractivity contribution < 1.29 is 10.0 Å². The molecule has 1 aromatic carbocycles. The summed E-state index contributed by atoms with van der Waals surface area (Å²) in [6.07, 6.45) is 0. The van der Waals surface area contributed by atoms with Gasteiger partial charge in [-0.2, -0.15) is 0 Å². The third-order valence-corrected chi connectivity index (χ3v) is 3.74. The lowest BCUT2D eigenvalue weighted by atomic mass is 10.1. The Kier molecular flexibility index (Phi) is 4.54. The average Bonchev–Trinajstić information content (AvgIpc) is 2.45. The molecule has 0 fully saturated rings. The molecule has 1 aromatic heterocycles. The molecule has 0 bridgehead atoms. The summed E-state index contributed by atoms with van der Waals surface area (Å²) in [5.74, 6) is -0.459. The van der Waals surface area contributed by atoms with E-state index in [-0.39, 0.29) is 0 Å². The van der Waals surface area contributed by atoms with Crippen LogP contribution in [0.25, 0.3) is 0 Å². The number of benzene rings is 1. The van der Waals surface area contributed by atoms with Crippen molar-refractivity contribution in [2.24, 2.45) is 0 Å². The van der Waals surface area contributed by atoms with Crippen molar-refractivity contribution in [3.8, 4) is 0 Å². The van der Waals surface area contributed by atoms with Crippen LogP contribution >= 0.6 is 11.8 Å². The van der Waals surface area contributed by atoms with Gasteiger partial charge in [-0.05, 0) is 24.6 Å². The third kappa shape index (κ3) is 3.56. The van der Waals surface area contributed by atoms with Gasteiger partial charge in [-0.1, -0.05) is 48.2 Å². The highest BCUT2D eigenvalue weighted by molar-refractivity contribution is 8.00. The van der Waals surface area contributed by atoms with E-state index in [0.29, 0.717) is 0 Å². The zero-order valence-corrected chi connectivity index (χ0v) is 11.2. The topological polar surface area (TPSA) is 62.2 Å². The van der Waals surface area contributed by atoms with Crippen molar-refractivity contribution in [2.45, 2.75) is 17.2 Å². The van der Waals surface area contributed by atoms with Crippen LogP contribution < -0.4 is 5.48 Å². The van der Waals surface area contributed by atoms with Gasteiger partial charge in [-0.25, -0.2) is 10.5 Å². The molecule has 0 radical (unpaired) electrons. The van der Waals surface area contributed by atoms with Crippen LogP contribution in [0.1, 0.15) is 16.5 Å². The Bertz CT molecular complexity index is 560. The predicted octanol–water partition coefficient (Wildman–Crippen LogP) is 2.73. The Hall–Kier alpha value is -1.85. The summed E-state index contributed by atoms with van der Waals surface area (Å²) in [4.78, 5) is 16.1. The van der Waals surface area contributed by atoms with Crippen LogP contribution in [0.3, 0.4) is 0 Å². The molecule has 5 heteroatoms. The van der Waals surface area contributed by atoms with Crippen molar-refractivity contribution in [1.82, 2.24) is 10.5 Å². The summed E-state index contributed by atoms with van der Waals surface area (Å²) in [6, 6.07) is 14.9. The molecule has 98 valence electrons. The maximum atomic E-state index is 11.8. The van der Waals surface area contributed by atoms with Crippen molar-refractivity contribution in [1.29, 1.82) is 0 Å². The summed E-state index contributed by atoms with van der Waals surface area (Å²) in [7, 11) is 0. The molecule has 2 N–H and O–H groups in total. The number of thioether (sulfide) groups is 1. The number of rotatable bonds is 4. The van der Waals surface area contributed by atoms with Crippen LogP contribution in [0.15, 0.2) is 53.6 Å². The van der Waals surface area contributed by atoms with Gasteiger partial charge in [0.15, 0.2) is 0 Å². The predicted molar refractivity (Wildman–Crippen MR) is 73.9 cm³/mol. The Labute approximate surface area is 115 Å². The van der Waals surface area contributed by atoms with E-state index < -0.39 is 11.2 Å². The summed E-state index contributed by atoms with van der Waals surface area (Å²) in [6.45, 7) is 1.90. The van der Waals surface area contributed by atoms with Crippen LogP contribution in [0.2, 0.25) is 0 Å². The molecule has 1 atom stereocenters. The van der Waals surface area contributed by atoms with Crippen LogP contribution in [-0.4, -0.2) is 16.1 Å². The summed E-state index contributed by atoms with van der Waals surface area (Å²) in [5, 5.41) is 9.09. The molecule has 0 aliphatic rings. The first-order chi connectivity index (χ1) is 9.20. The van der Waals surface area contributed by atoms with Crippen molar-refractivity contribution >= 4 is 17.7 Å². The minimum absolute atomic E-state index is 0.459. The van der Waals surface area contributed by atoms with E-state index in [1.165, 1.54) is 11.8 Å². The lowest BCUT2D eigenvalue weighted by Gasteiger charge is -2.14. The van der Waals surface area contributed by atoms with Crippen molar-refractivity contribution in [2.75, 3.05) is 0 Å². The maximum absolute atomic E-state index is 11.8. The molecule has 0 aliphatic heterocycles. The van der Waals surface area contributed by atoms with Crippen molar-refractivity contribution in [3.05, 3.63) is 59.8 Å². The first-order valence-electron chi connectivity index (χ1n) is 5.80. The van der Waals surface area contributed by atoms with Gasteiger partial charge in [-0.15, -0.1) is 0 Å². The Morgan fingerprint density at radius 1 is 1.21 bits per heavy atom. The van der Waals surface area contributed by atoms with E-state index in [4.69, 9.17) is 5.21 Å². The van der Waals surface area contributed by atoms with Gasteiger partial charge in [0, 0.05) is 5.69 Å². The normalized spacial score (nSPS) is 11.9. The van der Waals surface area contributed by atoms with Gasteiger partial charge in [0.1, 0.15) is 5.25 Å². The minimum Gasteiger partial charge on any atom is -0.289 e. The molecular formula is C14H14N2O2S. The van der Waals surface area contributed by atoms with Gasteiger partial charge in [-0.3, -0.25) is 10.0 Å². The van der Waals surface area contributed by atoms with E-state index in [1.807, 2.05) is 55.5 Å². The molecule has 0 spiro atoms. The molecule has 1 heterocycles. The molecule has 2 rings (SSSR count). The summed E-state index contributed by atoms with van der Waals surface area (Å²) < 4.78 is 0. The second kappa shape index (κ2) is 6.36. The SMILES string of the molecule is Cc1cccc(SC(C(=O)NO)c2ccccc2)n1. The van der Waals surface area contributed by atoms with Crippen LogP contribution in [-0.2, 0) is 4.79 Å². The molecular weight excluding hydrogens is 260 g/mol. The molecule has 2 aromatic rings. The molecule has 4 nitrogen and oxygen atoms in total. The lowest BCUT2D eigenvalue weighted by Crippen LogP contribution is -2.24. The highest BCUT2D eigenvalue weighted by atomic mass is 32.2. The number of hydrogen-bond donors (Lipinski definition) is 2. The van der Waals surface area contributed by atoms with E-state index in [1.54, 1.807) is 5.48 Å². The van der Waals surface area contributed by atoms with E-state index in [2.05, 4.69) is 4.98 Å². The monoisotopic (exact) mass is 274 g/mol. The number of aryl methyl sites for hydroxylation is 1. The number of aromatic nitrogens is 1. The summed E-state index contributed by atoms with van der Waals surface area (Å²) in [5.41, 5.74) is 3.42. The first kappa shape index (κ1) is 13.6. The fourth-order valence-electron chi connectivity index (χ4n) is 1.66. The zero-order chi connectivity index (χ0) is 13.7. The Balaban J connectivity index is 2.27. The number of amides is 1. The maximum Gasteiger partial charge on any atom is 0.261 e. The number of hydroxylamine groups is 1. The fraction of sp³-hybridized carbons (Fsp3) is 0.143. The fourth-order valence-corrected chi connectivity index (χ4v) is 2.71. The third-order valence-electron chi connectivity index (χ3n) is 2.55. The number of nitrogens with one attached hydrogen (secondary N) is 1. The van der Waals surface area contributed by atoms with E-state index >= 15 is 0 Å². The summed E-state index contributed by atoms with van der Waals surface area (Å²) >= 11 is 1.31. The van der Waals surface area contributed by atoms with Crippen LogP contribution in [0.5, 0.6) is 0 Å². The second-order valence-electron chi connectivity index (χ2n) is 4.00.